The van der Waals surface area contributed by atoms with Gasteiger partial charge in [0.1, 0.15) is 11.5 Å². The average Bonchev–Trinajstić information content (AvgIpc) is 2.48. The quantitative estimate of drug-likeness (QED) is 0.365. The lowest BCUT2D eigenvalue weighted by Gasteiger charge is -2.06. The van der Waals surface area contributed by atoms with Crippen LogP contribution in [0.15, 0.2) is 48.5 Å². The van der Waals surface area contributed by atoms with E-state index in [4.69, 9.17) is 9.47 Å². The lowest BCUT2D eigenvalue weighted by atomic mass is 10.2. The van der Waals surface area contributed by atoms with Crippen LogP contribution in [0.5, 0.6) is 11.5 Å². The average molecular weight is 287 g/mol. The standard InChI is InChI=1S/C15H13NO5/c1-2-20-14-5-3-4-11(10-14)15(17)21-13-8-6-12(7-9-13)16(18)19/h3-10H,2H2,1H3. The van der Waals surface area contributed by atoms with Gasteiger partial charge in [0.2, 0.25) is 0 Å². The summed E-state index contributed by atoms with van der Waals surface area (Å²) < 4.78 is 10.5. The second-order valence-corrected chi connectivity index (χ2v) is 4.10. The topological polar surface area (TPSA) is 78.7 Å². The van der Waals surface area contributed by atoms with Crippen LogP contribution in [-0.2, 0) is 0 Å². The van der Waals surface area contributed by atoms with Crippen molar-refractivity contribution < 1.29 is 19.2 Å². The summed E-state index contributed by atoms with van der Waals surface area (Å²) in [4.78, 5) is 22.0. The first-order chi connectivity index (χ1) is 10.1. The van der Waals surface area contributed by atoms with Gasteiger partial charge in [-0.1, -0.05) is 6.07 Å². The Labute approximate surface area is 121 Å². The molecule has 2 aromatic rings. The lowest BCUT2D eigenvalue weighted by Crippen LogP contribution is -2.08. The molecule has 0 bridgehead atoms. The predicted octanol–water partition coefficient (Wildman–Crippen LogP) is 3.21. The van der Waals surface area contributed by atoms with Gasteiger partial charge in [-0.25, -0.2) is 4.79 Å². The highest BCUT2D eigenvalue weighted by Crippen LogP contribution is 2.19. The van der Waals surface area contributed by atoms with Crippen molar-refractivity contribution in [2.24, 2.45) is 0 Å². The van der Waals surface area contributed by atoms with Gasteiger partial charge in [-0.2, -0.15) is 0 Å². The maximum absolute atomic E-state index is 12.0. The Balaban J connectivity index is 2.10. The van der Waals surface area contributed by atoms with E-state index < -0.39 is 10.9 Å². The van der Waals surface area contributed by atoms with Crippen molar-refractivity contribution in [3.63, 3.8) is 0 Å². The normalized spacial score (nSPS) is 9.95. The van der Waals surface area contributed by atoms with E-state index in [1.165, 1.54) is 24.3 Å². The van der Waals surface area contributed by atoms with Crippen LogP contribution in [0.25, 0.3) is 0 Å². The van der Waals surface area contributed by atoms with Crippen LogP contribution in [0.3, 0.4) is 0 Å². The number of ether oxygens (including phenoxy) is 2. The van der Waals surface area contributed by atoms with Crippen LogP contribution in [0, 0.1) is 10.1 Å². The van der Waals surface area contributed by atoms with Crippen LogP contribution < -0.4 is 9.47 Å². The van der Waals surface area contributed by atoms with Gasteiger partial charge >= 0.3 is 5.97 Å². The van der Waals surface area contributed by atoms with Crippen molar-refractivity contribution in [1.29, 1.82) is 0 Å². The van der Waals surface area contributed by atoms with Crippen molar-refractivity contribution in [3.05, 3.63) is 64.2 Å². The van der Waals surface area contributed by atoms with Crippen LogP contribution in [0.2, 0.25) is 0 Å². The van der Waals surface area contributed by atoms with Crippen molar-refractivity contribution in [2.75, 3.05) is 6.61 Å². The van der Waals surface area contributed by atoms with E-state index in [0.717, 1.165) is 0 Å². The number of esters is 1. The fraction of sp³-hybridized carbons (Fsp3) is 0.133. The van der Waals surface area contributed by atoms with E-state index in [0.29, 0.717) is 17.9 Å². The molecule has 0 aliphatic heterocycles. The summed E-state index contributed by atoms with van der Waals surface area (Å²) in [5.74, 6) is 0.272. The molecule has 0 aliphatic carbocycles. The highest BCUT2D eigenvalue weighted by Gasteiger charge is 2.11. The number of nitro groups is 1. The van der Waals surface area contributed by atoms with Gasteiger partial charge in [-0.3, -0.25) is 10.1 Å². The molecule has 6 nitrogen and oxygen atoms in total. The number of non-ortho nitro benzene ring substituents is 1. The molecule has 0 amide bonds. The first-order valence-corrected chi connectivity index (χ1v) is 6.29. The Morgan fingerprint density at radius 3 is 2.48 bits per heavy atom. The third-order valence-corrected chi connectivity index (χ3v) is 2.64. The minimum Gasteiger partial charge on any atom is -0.494 e. The summed E-state index contributed by atoms with van der Waals surface area (Å²) in [6.45, 7) is 2.35. The summed E-state index contributed by atoms with van der Waals surface area (Å²) in [5.41, 5.74) is 0.285. The number of nitrogens with zero attached hydrogens (tertiary/aromatic N) is 1. The van der Waals surface area contributed by atoms with E-state index in [1.807, 2.05) is 6.92 Å². The molecule has 0 atom stereocenters. The van der Waals surface area contributed by atoms with E-state index in [-0.39, 0.29) is 11.4 Å². The summed E-state index contributed by atoms with van der Waals surface area (Å²) in [6.07, 6.45) is 0. The van der Waals surface area contributed by atoms with E-state index in [2.05, 4.69) is 0 Å². The molecule has 2 rings (SSSR count). The lowest BCUT2D eigenvalue weighted by molar-refractivity contribution is -0.384. The van der Waals surface area contributed by atoms with Crippen molar-refractivity contribution >= 4 is 11.7 Å². The molecular formula is C15H13NO5. The van der Waals surface area contributed by atoms with Gasteiger partial charge in [0.05, 0.1) is 17.1 Å². The Morgan fingerprint density at radius 1 is 1.14 bits per heavy atom. The van der Waals surface area contributed by atoms with Gasteiger partial charge in [0.25, 0.3) is 5.69 Å². The Kier molecular flexibility index (Phi) is 4.50. The molecule has 0 heterocycles. The number of carbonyl (C=O) groups is 1. The first-order valence-electron chi connectivity index (χ1n) is 6.29. The Hall–Kier alpha value is -2.89. The smallest absolute Gasteiger partial charge is 0.343 e. The molecule has 2 aromatic carbocycles. The molecular weight excluding hydrogens is 274 g/mol. The molecule has 0 N–H and O–H groups in total. The molecule has 0 saturated heterocycles. The molecule has 108 valence electrons. The minimum atomic E-state index is -0.551. The summed E-state index contributed by atoms with van der Waals surface area (Å²) in [5, 5.41) is 10.5. The van der Waals surface area contributed by atoms with Crippen LogP contribution >= 0.6 is 0 Å². The molecule has 0 aliphatic rings. The van der Waals surface area contributed by atoms with Gasteiger partial charge in [0, 0.05) is 12.1 Å². The summed E-state index contributed by atoms with van der Waals surface area (Å²) >= 11 is 0. The maximum atomic E-state index is 12.0. The van der Waals surface area contributed by atoms with Gasteiger partial charge < -0.3 is 9.47 Å². The van der Waals surface area contributed by atoms with Crippen molar-refractivity contribution in [3.8, 4) is 11.5 Å². The largest absolute Gasteiger partial charge is 0.494 e. The van der Waals surface area contributed by atoms with Crippen molar-refractivity contribution in [1.82, 2.24) is 0 Å². The number of hydrogen-bond donors (Lipinski definition) is 0. The minimum absolute atomic E-state index is 0.0619. The second-order valence-electron chi connectivity index (χ2n) is 4.10. The third-order valence-electron chi connectivity index (χ3n) is 2.64. The SMILES string of the molecule is CCOc1cccc(C(=O)Oc2ccc([N+](=O)[O-])cc2)c1. The first kappa shape index (κ1) is 14.5. The van der Waals surface area contributed by atoms with Crippen LogP contribution in [0.1, 0.15) is 17.3 Å². The monoisotopic (exact) mass is 287 g/mol. The Bertz CT molecular complexity index is 651. The number of benzene rings is 2. The summed E-state index contributed by atoms with van der Waals surface area (Å²) in [6, 6.07) is 11.9. The van der Waals surface area contributed by atoms with E-state index >= 15 is 0 Å². The molecule has 0 radical (unpaired) electrons. The van der Waals surface area contributed by atoms with E-state index in [9.17, 15) is 14.9 Å². The number of nitro benzene ring substituents is 1. The van der Waals surface area contributed by atoms with Gasteiger partial charge in [-0.05, 0) is 37.3 Å². The third kappa shape index (κ3) is 3.79. The highest BCUT2D eigenvalue weighted by atomic mass is 16.6. The fourth-order valence-corrected chi connectivity index (χ4v) is 1.68. The maximum Gasteiger partial charge on any atom is 0.343 e. The molecule has 0 aromatic heterocycles. The molecule has 0 saturated carbocycles. The molecule has 0 unspecified atom stereocenters. The Morgan fingerprint density at radius 2 is 1.86 bits per heavy atom. The molecule has 0 fully saturated rings. The van der Waals surface area contributed by atoms with Crippen LogP contribution in [0.4, 0.5) is 5.69 Å². The predicted molar refractivity (Wildman–Crippen MR) is 75.7 cm³/mol. The summed E-state index contributed by atoms with van der Waals surface area (Å²) in [7, 11) is 0. The van der Waals surface area contributed by atoms with Gasteiger partial charge in [-0.15, -0.1) is 0 Å². The molecule has 0 spiro atoms. The van der Waals surface area contributed by atoms with Crippen molar-refractivity contribution in [2.45, 2.75) is 6.92 Å². The number of hydrogen-bond acceptors (Lipinski definition) is 5. The zero-order valence-corrected chi connectivity index (χ0v) is 11.3. The molecule has 6 heteroatoms. The van der Waals surface area contributed by atoms with E-state index in [1.54, 1.807) is 24.3 Å². The van der Waals surface area contributed by atoms with Crippen LogP contribution in [-0.4, -0.2) is 17.5 Å². The second kappa shape index (κ2) is 6.51. The fourth-order valence-electron chi connectivity index (χ4n) is 1.68. The zero-order chi connectivity index (χ0) is 15.2. The number of rotatable bonds is 5. The van der Waals surface area contributed by atoms with Gasteiger partial charge in [0.15, 0.2) is 0 Å². The number of carbonyl (C=O) groups excluding carboxylic acids is 1. The highest BCUT2D eigenvalue weighted by molar-refractivity contribution is 5.91. The molecule has 21 heavy (non-hydrogen) atoms. The zero-order valence-electron chi connectivity index (χ0n) is 11.3.